The SMILES string of the molecule is COC(=O)C1(NCCN(C)C)CCSCC1. The molecular weight excluding hydrogens is 224 g/mol. The molecule has 1 fully saturated rings. The highest BCUT2D eigenvalue weighted by Gasteiger charge is 2.40. The smallest absolute Gasteiger partial charge is 0.326 e. The summed E-state index contributed by atoms with van der Waals surface area (Å²) >= 11 is 1.91. The van der Waals surface area contributed by atoms with Crippen LogP contribution in [0.4, 0.5) is 0 Å². The minimum absolute atomic E-state index is 0.105. The number of esters is 1. The summed E-state index contributed by atoms with van der Waals surface area (Å²) in [5.41, 5.74) is -0.435. The van der Waals surface area contributed by atoms with Gasteiger partial charge in [-0.3, -0.25) is 4.79 Å². The molecule has 0 atom stereocenters. The lowest BCUT2D eigenvalue weighted by Crippen LogP contribution is -2.56. The lowest BCUT2D eigenvalue weighted by atomic mass is 9.92. The highest BCUT2D eigenvalue weighted by Crippen LogP contribution is 2.28. The van der Waals surface area contributed by atoms with Crippen molar-refractivity contribution >= 4 is 17.7 Å². The van der Waals surface area contributed by atoms with Gasteiger partial charge in [0, 0.05) is 13.1 Å². The van der Waals surface area contributed by atoms with E-state index in [-0.39, 0.29) is 5.97 Å². The van der Waals surface area contributed by atoms with Crippen molar-refractivity contribution in [2.24, 2.45) is 0 Å². The third-order valence-electron chi connectivity index (χ3n) is 2.94. The van der Waals surface area contributed by atoms with Crippen LogP contribution in [-0.4, -0.2) is 62.2 Å². The molecular formula is C11H22N2O2S. The van der Waals surface area contributed by atoms with Gasteiger partial charge in [0.05, 0.1) is 7.11 Å². The average Bonchev–Trinajstić information content (AvgIpc) is 2.28. The summed E-state index contributed by atoms with van der Waals surface area (Å²) in [7, 11) is 5.53. The Morgan fingerprint density at radius 3 is 2.56 bits per heavy atom. The van der Waals surface area contributed by atoms with Crippen molar-refractivity contribution in [2.45, 2.75) is 18.4 Å². The van der Waals surface area contributed by atoms with E-state index >= 15 is 0 Å². The minimum atomic E-state index is -0.435. The van der Waals surface area contributed by atoms with Gasteiger partial charge in [-0.15, -0.1) is 0 Å². The molecule has 1 aliphatic rings. The molecule has 0 bridgehead atoms. The largest absolute Gasteiger partial charge is 0.468 e. The predicted molar refractivity (Wildman–Crippen MR) is 67.9 cm³/mol. The molecule has 5 heteroatoms. The number of thioether (sulfide) groups is 1. The van der Waals surface area contributed by atoms with Crippen LogP contribution in [0.25, 0.3) is 0 Å². The van der Waals surface area contributed by atoms with E-state index in [0.29, 0.717) is 0 Å². The van der Waals surface area contributed by atoms with Gasteiger partial charge >= 0.3 is 5.97 Å². The van der Waals surface area contributed by atoms with Crippen LogP contribution < -0.4 is 5.32 Å². The van der Waals surface area contributed by atoms with Crippen molar-refractivity contribution in [1.29, 1.82) is 0 Å². The summed E-state index contributed by atoms with van der Waals surface area (Å²) in [6, 6.07) is 0. The monoisotopic (exact) mass is 246 g/mol. The number of methoxy groups -OCH3 is 1. The van der Waals surface area contributed by atoms with Crippen molar-refractivity contribution in [2.75, 3.05) is 45.8 Å². The van der Waals surface area contributed by atoms with Crippen LogP contribution >= 0.6 is 11.8 Å². The van der Waals surface area contributed by atoms with Crippen LogP contribution in [0.1, 0.15) is 12.8 Å². The molecule has 0 aliphatic carbocycles. The number of ether oxygens (including phenoxy) is 1. The Kier molecular flexibility index (Phi) is 5.58. The van der Waals surface area contributed by atoms with Crippen LogP contribution in [-0.2, 0) is 9.53 Å². The molecule has 0 amide bonds. The number of hydrogen-bond acceptors (Lipinski definition) is 5. The highest BCUT2D eigenvalue weighted by atomic mass is 32.2. The number of nitrogens with one attached hydrogen (secondary N) is 1. The fraction of sp³-hybridized carbons (Fsp3) is 0.909. The standard InChI is InChI=1S/C11H22N2O2S/c1-13(2)7-6-12-11(10(14)15-3)4-8-16-9-5-11/h12H,4-9H2,1-3H3. The number of nitrogens with zero attached hydrogens (tertiary/aromatic N) is 1. The number of rotatable bonds is 5. The maximum Gasteiger partial charge on any atom is 0.326 e. The first kappa shape index (κ1) is 13.8. The third kappa shape index (κ3) is 3.64. The molecule has 4 nitrogen and oxygen atoms in total. The van der Waals surface area contributed by atoms with E-state index in [1.165, 1.54) is 7.11 Å². The Morgan fingerprint density at radius 1 is 1.44 bits per heavy atom. The Hall–Kier alpha value is -0.260. The molecule has 0 saturated carbocycles. The van der Waals surface area contributed by atoms with E-state index in [1.807, 2.05) is 25.9 Å². The Balaban J connectivity index is 2.52. The first-order chi connectivity index (χ1) is 7.60. The van der Waals surface area contributed by atoms with Crippen LogP contribution in [0.3, 0.4) is 0 Å². The van der Waals surface area contributed by atoms with Gasteiger partial charge in [-0.1, -0.05) is 0 Å². The molecule has 0 aromatic heterocycles. The molecule has 1 rings (SSSR count). The zero-order chi connectivity index (χ0) is 12.0. The predicted octanol–water partition coefficient (Wildman–Crippen LogP) is 0.576. The van der Waals surface area contributed by atoms with Crippen LogP contribution in [0.5, 0.6) is 0 Å². The lowest BCUT2D eigenvalue weighted by molar-refractivity contribution is -0.149. The van der Waals surface area contributed by atoms with Crippen molar-refractivity contribution in [3.63, 3.8) is 0 Å². The molecule has 16 heavy (non-hydrogen) atoms. The van der Waals surface area contributed by atoms with E-state index in [4.69, 9.17) is 4.74 Å². The number of hydrogen-bond donors (Lipinski definition) is 1. The minimum Gasteiger partial charge on any atom is -0.468 e. The van der Waals surface area contributed by atoms with Crippen LogP contribution in [0.15, 0.2) is 0 Å². The van der Waals surface area contributed by atoms with Gasteiger partial charge in [0.1, 0.15) is 5.54 Å². The number of carbonyl (C=O) groups excluding carboxylic acids is 1. The molecule has 0 aromatic carbocycles. The van der Waals surface area contributed by atoms with Crippen molar-refractivity contribution < 1.29 is 9.53 Å². The quantitative estimate of drug-likeness (QED) is 0.719. The van der Waals surface area contributed by atoms with E-state index in [9.17, 15) is 4.79 Å². The summed E-state index contributed by atoms with van der Waals surface area (Å²) in [6.45, 7) is 1.76. The summed E-state index contributed by atoms with van der Waals surface area (Å²) in [4.78, 5) is 14.0. The van der Waals surface area contributed by atoms with E-state index in [0.717, 1.165) is 37.4 Å². The second-order valence-electron chi connectivity index (χ2n) is 4.42. The van der Waals surface area contributed by atoms with Crippen LogP contribution in [0.2, 0.25) is 0 Å². The molecule has 0 unspecified atom stereocenters. The van der Waals surface area contributed by atoms with Crippen molar-refractivity contribution in [3.8, 4) is 0 Å². The van der Waals surface area contributed by atoms with Gasteiger partial charge < -0.3 is 15.0 Å². The second kappa shape index (κ2) is 6.47. The summed E-state index contributed by atoms with van der Waals surface area (Å²) < 4.78 is 4.93. The Labute approximate surface area is 102 Å². The Morgan fingerprint density at radius 2 is 2.06 bits per heavy atom. The first-order valence-corrected chi connectivity index (χ1v) is 6.82. The fourth-order valence-electron chi connectivity index (χ4n) is 1.89. The van der Waals surface area contributed by atoms with Gasteiger partial charge in [0.25, 0.3) is 0 Å². The van der Waals surface area contributed by atoms with Gasteiger partial charge in [0.15, 0.2) is 0 Å². The lowest BCUT2D eigenvalue weighted by Gasteiger charge is -2.35. The molecule has 94 valence electrons. The maximum atomic E-state index is 11.9. The highest BCUT2D eigenvalue weighted by molar-refractivity contribution is 7.99. The van der Waals surface area contributed by atoms with Crippen LogP contribution in [0, 0.1) is 0 Å². The molecule has 0 aromatic rings. The Bertz CT molecular complexity index is 228. The molecule has 0 spiro atoms. The van der Waals surface area contributed by atoms with Gasteiger partial charge in [-0.25, -0.2) is 0 Å². The second-order valence-corrected chi connectivity index (χ2v) is 5.64. The van der Waals surface area contributed by atoms with E-state index in [1.54, 1.807) is 0 Å². The molecule has 1 heterocycles. The molecule has 1 saturated heterocycles. The number of carbonyl (C=O) groups is 1. The van der Waals surface area contributed by atoms with Crippen molar-refractivity contribution in [3.05, 3.63) is 0 Å². The molecule has 1 aliphatic heterocycles. The first-order valence-electron chi connectivity index (χ1n) is 5.67. The summed E-state index contributed by atoms with van der Waals surface area (Å²) in [5.74, 6) is 1.96. The van der Waals surface area contributed by atoms with Gasteiger partial charge in [-0.2, -0.15) is 11.8 Å². The van der Waals surface area contributed by atoms with Gasteiger partial charge in [-0.05, 0) is 38.4 Å². The molecule has 0 radical (unpaired) electrons. The number of likely N-dealkylation sites (N-methyl/N-ethyl adjacent to an activating group) is 1. The third-order valence-corrected chi connectivity index (χ3v) is 3.93. The van der Waals surface area contributed by atoms with E-state index in [2.05, 4.69) is 10.2 Å². The zero-order valence-corrected chi connectivity index (χ0v) is 11.2. The van der Waals surface area contributed by atoms with Gasteiger partial charge in [0.2, 0.25) is 0 Å². The summed E-state index contributed by atoms with van der Waals surface area (Å²) in [6.07, 6.45) is 1.75. The van der Waals surface area contributed by atoms with E-state index < -0.39 is 5.54 Å². The van der Waals surface area contributed by atoms with Crippen molar-refractivity contribution in [1.82, 2.24) is 10.2 Å². The summed E-state index contributed by atoms with van der Waals surface area (Å²) in [5, 5.41) is 3.39. The normalized spacial score (nSPS) is 19.8. The average molecular weight is 246 g/mol. The zero-order valence-electron chi connectivity index (χ0n) is 10.4. The fourth-order valence-corrected chi connectivity index (χ4v) is 3.08. The maximum absolute atomic E-state index is 11.9. The molecule has 1 N–H and O–H groups in total. The topological polar surface area (TPSA) is 41.6 Å².